The Morgan fingerprint density at radius 1 is 0.833 bits per heavy atom. The zero-order valence-corrected chi connectivity index (χ0v) is 24.6. The van der Waals surface area contributed by atoms with E-state index in [4.69, 9.17) is 0 Å². The number of thioether (sulfide) groups is 1. The first-order chi connectivity index (χ1) is 20.2. The molecule has 4 aromatic carbocycles. The van der Waals surface area contributed by atoms with Gasteiger partial charge in [0.15, 0.2) is 0 Å². The maximum absolute atomic E-state index is 13.2. The molecule has 1 unspecified atom stereocenters. The van der Waals surface area contributed by atoms with Gasteiger partial charge in [0.05, 0.1) is 10.2 Å². The lowest BCUT2D eigenvalue weighted by Gasteiger charge is -2.13. The molecule has 0 aliphatic heterocycles. The molecule has 212 valence electrons. The molecule has 0 radical (unpaired) electrons. The van der Waals surface area contributed by atoms with Crippen LogP contribution >= 0.6 is 27.7 Å². The predicted molar refractivity (Wildman–Crippen MR) is 168 cm³/mol. The molecule has 4 rings (SSSR count). The van der Waals surface area contributed by atoms with E-state index in [0.29, 0.717) is 22.5 Å². The number of rotatable bonds is 10. The van der Waals surface area contributed by atoms with Crippen LogP contribution in [0.1, 0.15) is 22.8 Å². The van der Waals surface area contributed by atoms with Gasteiger partial charge in [-0.1, -0.05) is 34.1 Å². The molecule has 11 heteroatoms. The lowest BCUT2D eigenvalue weighted by molar-refractivity contribution is -0.384. The molecule has 0 bridgehead atoms. The topological polar surface area (TPSA) is 130 Å². The van der Waals surface area contributed by atoms with Crippen LogP contribution in [0.4, 0.5) is 17.1 Å². The molecule has 42 heavy (non-hydrogen) atoms. The number of anilines is 2. The summed E-state index contributed by atoms with van der Waals surface area (Å²) < 4.78 is 0.919. The highest BCUT2D eigenvalue weighted by Gasteiger charge is 2.17. The van der Waals surface area contributed by atoms with Crippen molar-refractivity contribution in [2.75, 3.05) is 10.6 Å². The fourth-order valence-corrected chi connectivity index (χ4v) is 4.78. The van der Waals surface area contributed by atoms with Gasteiger partial charge in [-0.05, 0) is 91.4 Å². The number of hydrogen-bond acceptors (Lipinski definition) is 6. The minimum atomic E-state index is -0.583. The summed E-state index contributed by atoms with van der Waals surface area (Å²) >= 11 is 4.74. The van der Waals surface area contributed by atoms with E-state index < -0.39 is 16.7 Å². The fraction of sp³-hybridized carbons (Fsp3) is 0.0645. The standard InChI is InChI=1S/C31H25BrN4O5S/c1-20(29(37)33-24-11-9-23(32)10-12-24)42-27-17-13-25(14-18-27)34-31(39)28(35-30(38)22-5-3-2-4-6-22)19-21-7-15-26(16-8-21)36(40)41/h2-20H,1H3,(H,33,37)(H,34,39)(H,35,38)/b28-19-. The second kappa shape index (κ2) is 14.2. The van der Waals surface area contributed by atoms with Crippen LogP contribution in [0.3, 0.4) is 0 Å². The van der Waals surface area contributed by atoms with Crippen molar-refractivity contribution in [3.63, 3.8) is 0 Å². The molecule has 0 aliphatic rings. The average Bonchev–Trinajstić information content (AvgIpc) is 2.99. The highest BCUT2D eigenvalue weighted by atomic mass is 79.9. The SMILES string of the molecule is CC(Sc1ccc(NC(=O)/C(=C/c2ccc([N+](=O)[O-])cc2)NC(=O)c2ccccc2)cc1)C(=O)Nc1ccc(Br)cc1. The summed E-state index contributed by atoms with van der Waals surface area (Å²) in [5.41, 5.74) is 1.88. The maximum Gasteiger partial charge on any atom is 0.272 e. The smallest absolute Gasteiger partial charge is 0.272 e. The van der Waals surface area contributed by atoms with Gasteiger partial charge >= 0.3 is 0 Å². The zero-order chi connectivity index (χ0) is 30.1. The van der Waals surface area contributed by atoms with E-state index >= 15 is 0 Å². The van der Waals surface area contributed by atoms with Gasteiger partial charge in [0, 0.05) is 38.4 Å². The summed E-state index contributed by atoms with van der Waals surface area (Å²) in [5.74, 6) is -1.21. The number of nitrogens with zero attached hydrogens (tertiary/aromatic N) is 1. The van der Waals surface area contributed by atoms with Crippen LogP contribution in [0.2, 0.25) is 0 Å². The lowest BCUT2D eigenvalue weighted by atomic mass is 10.1. The largest absolute Gasteiger partial charge is 0.325 e. The summed E-state index contributed by atoms with van der Waals surface area (Å²) in [6.45, 7) is 1.80. The van der Waals surface area contributed by atoms with Crippen molar-refractivity contribution in [2.24, 2.45) is 0 Å². The maximum atomic E-state index is 13.2. The molecule has 3 N–H and O–H groups in total. The Balaban J connectivity index is 1.44. The van der Waals surface area contributed by atoms with Crippen molar-refractivity contribution in [2.45, 2.75) is 17.1 Å². The number of nitro groups is 1. The second-order valence-corrected chi connectivity index (χ2v) is 11.3. The molecule has 4 aromatic rings. The number of nitrogens with one attached hydrogen (secondary N) is 3. The van der Waals surface area contributed by atoms with E-state index in [1.807, 2.05) is 24.3 Å². The van der Waals surface area contributed by atoms with Crippen molar-refractivity contribution < 1.29 is 19.3 Å². The van der Waals surface area contributed by atoms with E-state index in [9.17, 15) is 24.5 Å². The Hall–Kier alpha value is -4.74. The normalized spacial score (nSPS) is 11.7. The number of non-ortho nitro benzene ring substituents is 1. The minimum absolute atomic E-state index is 0.0469. The van der Waals surface area contributed by atoms with Gasteiger partial charge in [0.1, 0.15) is 5.70 Å². The highest BCUT2D eigenvalue weighted by Crippen LogP contribution is 2.26. The first kappa shape index (κ1) is 30.2. The molecule has 0 saturated carbocycles. The van der Waals surface area contributed by atoms with Crippen molar-refractivity contribution in [1.29, 1.82) is 0 Å². The van der Waals surface area contributed by atoms with Crippen LogP contribution in [0.25, 0.3) is 6.08 Å². The van der Waals surface area contributed by atoms with Crippen LogP contribution in [-0.2, 0) is 9.59 Å². The molecular weight excluding hydrogens is 620 g/mol. The van der Waals surface area contributed by atoms with E-state index in [1.165, 1.54) is 42.1 Å². The number of benzene rings is 4. The van der Waals surface area contributed by atoms with Gasteiger partial charge in [0.2, 0.25) is 5.91 Å². The summed E-state index contributed by atoms with van der Waals surface area (Å²) in [7, 11) is 0. The Kier molecular flexibility index (Phi) is 10.2. The molecule has 0 aromatic heterocycles. The monoisotopic (exact) mass is 644 g/mol. The van der Waals surface area contributed by atoms with Crippen LogP contribution < -0.4 is 16.0 Å². The van der Waals surface area contributed by atoms with E-state index in [1.54, 1.807) is 61.5 Å². The third-order valence-electron chi connectivity index (χ3n) is 5.85. The van der Waals surface area contributed by atoms with Crippen molar-refractivity contribution in [3.05, 3.63) is 135 Å². The molecule has 1 atom stereocenters. The zero-order valence-electron chi connectivity index (χ0n) is 22.2. The van der Waals surface area contributed by atoms with Crippen LogP contribution in [0, 0.1) is 10.1 Å². The number of carbonyl (C=O) groups excluding carboxylic acids is 3. The number of halogens is 1. The second-order valence-electron chi connectivity index (χ2n) is 8.96. The lowest BCUT2D eigenvalue weighted by Crippen LogP contribution is -2.30. The quantitative estimate of drug-likeness (QED) is 0.0746. The highest BCUT2D eigenvalue weighted by molar-refractivity contribution is 9.10. The minimum Gasteiger partial charge on any atom is -0.325 e. The molecule has 0 fully saturated rings. The Bertz CT molecular complexity index is 1610. The molecule has 0 aliphatic carbocycles. The number of carbonyl (C=O) groups is 3. The van der Waals surface area contributed by atoms with E-state index in [-0.39, 0.29) is 22.5 Å². The van der Waals surface area contributed by atoms with Gasteiger partial charge in [0.25, 0.3) is 17.5 Å². The third-order valence-corrected chi connectivity index (χ3v) is 7.49. The molecule has 0 heterocycles. The first-order valence-electron chi connectivity index (χ1n) is 12.6. The van der Waals surface area contributed by atoms with Gasteiger partial charge in [-0.25, -0.2) is 0 Å². The van der Waals surface area contributed by atoms with Crippen molar-refractivity contribution in [1.82, 2.24) is 5.32 Å². The Morgan fingerprint density at radius 2 is 1.43 bits per heavy atom. The van der Waals surface area contributed by atoms with Crippen LogP contribution in [0.15, 0.2) is 118 Å². The molecule has 0 spiro atoms. The van der Waals surface area contributed by atoms with Crippen molar-refractivity contribution in [3.8, 4) is 0 Å². The summed E-state index contributed by atoms with van der Waals surface area (Å²) in [5, 5.41) is 18.9. The first-order valence-corrected chi connectivity index (χ1v) is 14.3. The number of amides is 3. The van der Waals surface area contributed by atoms with E-state index in [2.05, 4.69) is 31.9 Å². The Labute approximate surface area is 254 Å². The summed E-state index contributed by atoms with van der Waals surface area (Å²) in [6.07, 6.45) is 1.44. The van der Waals surface area contributed by atoms with Crippen molar-refractivity contribution >= 4 is 68.6 Å². The van der Waals surface area contributed by atoms with Crippen LogP contribution in [0.5, 0.6) is 0 Å². The van der Waals surface area contributed by atoms with Gasteiger partial charge in [-0.3, -0.25) is 24.5 Å². The summed E-state index contributed by atoms with van der Waals surface area (Å²) in [4.78, 5) is 50.0. The third kappa shape index (κ3) is 8.63. The summed E-state index contributed by atoms with van der Waals surface area (Å²) in [6, 6.07) is 28.3. The number of hydrogen-bond donors (Lipinski definition) is 3. The van der Waals surface area contributed by atoms with Gasteiger partial charge in [-0.2, -0.15) is 0 Å². The molecule has 0 saturated heterocycles. The van der Waals surface area contributed by atoms with Crippen LogP contribution in [-0.4, -0.2) is 27.9 Å². The van der Waals surface area contributed by atoms with E-state index in [0.717, 1.165) is 9.37 Å². The fourth-order valence-electron chi connectivity index (χ4n) is 3.65. The average molecular weight is 646 g/mol. The Morgan fingerprint density at radius 3 is 2.05 bits per heavy atom. The predicted octanol–water partition coefficient (Wildman–Crippen LogP) is 6.89. The number of nitro benzene ring substituents is 1. The molecule has 3 amide bonds. The van der Waals surface area contributed by atoms with Gasteiger partial charge < -0.3 is 16.0 Å². The van der Waals surface area contributed by atoms with Gasteiger partial charge in [-0.15, -0.1) is 11.8 Å². The molecular formula is C31H25BrN4O5S. The molecule has 9 nitrogen and oxygen atoms in total.